The molecule has 0 atom stereocenters. The first-order valence-corrected chi connectivity index (χ1v) is 5.13. The fourth-order valence-electron chi connectivity index (χ4n) is 1.52. The summed E-state index contributed by atoms with van der Waals surface area (Å²) in [7, 11) is 0. The van der Waals surface area contributed by atoms with E-state index in [-0.39, 0.29) is 0 Å². The Kier molecular flexibility index (Phi) is 2.69. The largest absolute Gasteiger partial charge is 0.192 e. The highest BCUT2D eigenvalue weighted by Gasteiger charge is 2.08. The van der Waals surface area contributed by atoms with Crippen LogP contribution < -0.4 is 0 Å². The topological polar surface area (TPSA) is 54.5 Å². The SMILES string of the molecule is CC(C)c1ccc(-n2nccn2)c(C#N)c1. The van der Waals surface area contributed by atoms with Crippen molar-refractivity contribution in [1.29, 1.82) is 5.26 Å². The normalized spacial score (nSPS) is 10.4. The molecular formula is C12H12N4. The Bertz CT molecular complexity index is 520. The smallest absolute Gasteiger partial charge is 0.103 e. The zero-order valence-electron chi connectivity index (χ0n) is 9.25. The third-order valence-corrected chi connectivity index (χ3v) is 2.44. The highest BCUT2D eigenvalue weighted by atomic mass is 15.5. The van der Waals surface area contributed by atoms with Crippen LogP contribution >= 0.6 is 0 Å². The van der Waals surface area contributed by atoms with Crippen molar-refractivity contribution in [3.63, 3.8) is 0 Å². The molecule has 0 N–H and O–H groups in total. The van der Waals surface area contributed by atoms with E-state index < -0.39 is 0 Å². The van der Waals surface area contributed by atoms with E-state index in [2.05, 4.69) is 30.1 Å². The van der Waals surface area contributed by atoms with Crippen molar-refractivity contribution in [3.8, 4) is 11.8 Å². The summed E-state index contributed by atoms with van der Waals surface area (Å²) in [6.45, 7) is 4.20. The van der Waals surface area contributed by atoms with Crippen molar-refractivity contribution in [2.24, 2.45) is 0 Å². The lowest BCUT2D eigenvalue weighted by Gasteiger charge is -2.08. The summed E-state index contributed by atoms with van der Waals surface area (Å²) < 4.78 is 0. The second-order valence-corrected chi connectivity index (χ2v) is 3.86. The molecule has 0 aliphatic heterocycles. The van der Waals surface area contributed by atoms with Crippen LogP contribution in [-0.4, -0.2) is 15.0 Å². The van der Waals surface area contributed by atoms with Crippen LogP contribution in [0.15, 0.2) is 30.6 Å². The first-order valence-electron chi connectivity index (χ1n) is 5.13. The summed E-state index contributed by atoms with van der Waals surface area (Å²) in [4.78, 5) is 1.46. The lowest BCUT2D eigenvalue weighted by Crippen LogP contribution is -2.02. The van der Waals surface area contributed by atoms with Gasteiger partial charge >= 0.3 is 0 Å². The highest BCUT2D eigenvalue weighted by molar-refractivity contribution is 5.50. The average Bonchev–Trinajstić information content (AvgIpc) is 2.81. The van der Waals surface area contributed by atoms with Gasteiger partial charge < -0.3 is 0 Å². The maximum absolute atomic E-state index is 9.10. The van der Waals surface area contributed by atoms with Crippen LogP contribution in [0.25, 0.3) is 5.69 Å². The molecule has 1 aromatic carbocycles. The summed E-state index contributed by atoms with van der Waals surface area (Å²) in [6.07, 6.45) is 3.19. The number of aromatic nitrogens is 3. The number of rotatable bonds is 2. The Morgan fingerprint density at radius 3 is 2.50 bits per heavy atom. The predicted octanol–water partition coefficient (Wildman–Crippen LogP) is 2.26. The van der Waals surface area contributed by atoms with Gasteiger partial charge in [0.25, 0.3) is 0 Å². The molecular weight excluding hydrogens is 200 g/mol. The van der Waals surface area contributed by atoms with Gasteiger partial charge in [0, 0.05) is 0 Å². The molecule has 0 amide bonds. The van der Waals surface area contributed by atoms with Crippen LogP contribution in [0.1, 0.15) is 30.9 Å². The maximum Gasteiger partial charge on any atom is 0.103 e. The molecule has 1 aromatic heterocycles. The fraction of sp³-hybridized carbons (Fsp3) is 0.250. The standard InChI is InChI=1S/C12H12N4/c1-9(2)10-3-4-12(11(7-10)8-13)16-14-5-6-15-16/h3-7,9H,1-2H3. The average molecular weight is 212 g/mol. The summed E-state index contributed by atoms with van der Waals surface area (Å²) in [5, 5.41) is 17.2. The zero-order chi connectivity index (χ0) is 11.5. The van der Waals surface area contributed by atoms with E-state index in [1.54, 1.807) is 12.4 Å². The van der Waals surface area contributed by atoms with Crippen molar-refractivity contribution in [2.45, 2.75) is 19.8 Å². The summed E-state index contributed by atoms with van der Waals surface area (Å²) in [5.41, 5.74) is 2.46. The minimum Gasteiger partial charge on any atom is -0.192 e. The van der Waals surface area contributed by atoms with Crippen molar-refractivity contribution in [3.05, 3.63) is 41.7 Å². The van der Waals surface area contributed by atoms with Gasteiger partial charge in [-0.25, -0.2) is 0 Å². The van der Waals surface area contributed by atoms with E-state index in [4.69, 9.17) is 5.26 Å². The Hall–Kier alpha value is -2.15. The molecule has 0 saturated heterocycles. The minimum atomic E-state index is 0.409. The molecule has 0 radical (unpaired) electrons. The second-order valence-electron chi connectivity index (χ2n) is 3.86. The molecule has 0 saturated carbocycles. The van der Waals surface area contributed by atoms with Crippen LogP contribution in [0.3, 0.4) is 0 Å². The van der Waals surface area contributed by atoms with Crippen LogP contribution in [0.4, 0.5) is 0 Å². The zero-order valence-corrected chi connectivity index (χ0v) is 9.25. The molecule has 2 rings (SSSR count). The quantitative estimate of drug-likeness (QED) is 0.767. The van der Waals surface area contributed by atoms with Gasteiger partial charge in [0.1, 0.15) is 11.8 Å². The van der Waals surface area contributed by atoms with Crippen LogP contribution in [0.2, 0.25) is 0 Å². The van der Waals surface area contributed by atoms with Gasteiger partial charge in [-0.05, 0) is 23.6 Å². The van der Waals surface area contributed by atoms with E-state index in [9.17, 15) is 0 Å². The predicted molar refractivity (Wildman–Crippen MR) is 60.2 cm³/mol. The molecule has 80 valence electrons. The highest BCUT2D eigenvalue weighted by Crippen LogP contribution is 2.20. The molecule has 0 unspecified atom stereocenters. The molecule has 0 aliphatic carbocycles. The molecule has 4 nitrogen and oxygen atoms in total. The van der Waals surface area contributed by atoms with Crippen LogP contribution in [0, 0.1) is 11.3 Å². The van der Waals surface area contributed by atoms with E-state index in [1.165, 1.54) is 4.80 Å². The number of hydrogen-bond donors (Lipinski definition) is 0. The van der Waals surface area contributed by atoms with Crippen molar-refractivity contribution in [1.82, 2.24) is 15.0 Å². The number of benzene rings is 1. The monoisotopic (exact) mass is 212 g/mol. The molecule has 0 fully saturated rings. The Balaban J connectivity index is 2.53. The van der Waals surface area contributed by atoms with Crippen molar-refractivity contribution < 1.29 is 0 Å². The van der Waals surface area contributed by atoms with Gasteiger partial charge in [0.05, 0.1) is 18.0 Å². The van der Waals surface area contributed by atoms with Crippen molar-refractivity contribution in [2.75, 3.05) is 0 Å². The number of nitrogens with zero attached hydrogens (tertiary/aromatic N) is 4. The molecule has 1 heterocycles. The molecule has 0 spiro atoms. The van der Waals surface area contributed by atoms with E-state index >= 15 is 0 Å². The Labute approximate surface area is 94.1 Å². The van der Waals surface area contributed by atoms with Gasteiger partial charge in [-0.15, -0.1) is 0 Å². The summed E-state index contributed by atoms with van der Waals surface area (Å²) >= 11 is 0. The molecule has 0 bridgehead atoms. The summed E-state index contributed by atoms with van der Waals surface area (Å²) in [6, 6.07) is 7.96. The van der Waals surface area contributed by atoms with Crippen molar-refractivity contribution >= 4 is 0 Å². The molecule has 0 aliphatic rings. The maximum atomic E-state index is 9.10. The van der Waals surface area contributed by atoms with Crippen LogP contribution in [-0.2, 0) is 0 Å². The van der Waals surface area contributed by atoms with Gasteiger partial charge in [-0.1, -0.05) is 19.9 Å². The molecule has 4 heteroatoms. The van der Waals surface area contributed by atoms with E-state index in [0.29, 0.717) is 11.5 Å². The van der Waals surface area contributed by atoms with E-state index in [1.807, 2.05) is 18.2 Å². The Morgan fingerprint density at radius 2 is 1.94 bits per heavy atom. The minimum absolute atomic E-state index is 0.409. The van der Waals surface area contributed by atoms with Crippen LogP contribution in [0.5, 0.6) is 0 Å². The van der Waals surface area contributed by atoms with E-state index in [0.717, 1.165) is 11.3 Å². The van der Waals surface area contributed by atoms with Gasteiger partial charge in [0.15, 0.2) is 0 Å². The first kappa shape index (κ1) is 10.4. The third kappa shape index (κ3) is 1.80. The summed E-state index contributed by atoms with van der Waals surface area (Å²) in [5.74, 6) is 0.409. The molecule has 2 aromatic rings. The van der Waals surface area contributed by atoms with Gasteiger partial charge in [0.2, 0.25) is 0 Å². The second kappa shape index (κ2) is 4.15. The van der Waals surface area contributed by atoms with Gasteiger partial charge in [-0.2, -0.15) is 20.3 Å². The third-order valence-electron chi connectivity index (χ3n) is 2.44. The Morgan fingerprint density at radius 1 is 1.25 bits per heavy atom. The first-order chi connectivity index (χ1) is 7.72. The molecule has 16 heavy (non-hydrogen) atoms. The lowest BCUT2D eigenvalue weighted by molar-refractivity contribution is 0.748. The van der Waals surface area contributed by atoms with Gasteiger partial charge in [-0.3, -0.25) is 0 Å². The fourth-order valence-corrected chi connectivity index (χ4v) is 1.52. The number of nitriles is 1. The number of hydrogen-bond acceptors (Lipinski definition) is 3. The lowest BCUT2D eigenvalue weighted by atomic mass is 10.0.